The highest BCUT2D eigenvalue weighted by molar-refractivity contribution is 6.00. The fourth-order valence-electron chi connectivity index (χ4n) is 12.5. The molecule has 4 nitrogen and oxygen atoms in total. The van der Waals surface area contributed by atoms with Gasteiger partial charge in [0.25, 0.3) is 0 Å². The summed E-state index contributed by atoms with van der Waals surface area (Å²) in [6, 6.07) is 132. The predicted octanol–water partition coefficient (Wildman–Crippen LogP) is 22.3. The fraction of sp³-hybridized carbons (Fsp3) is 0.0123. The number of anilines is 12. The van der Waals surface area contributed by atoms with E-state index in [4.69, 9.17) is 0 Å². The lowest BCUT2D eigenvalue weighted by molar-refractivity contribution is 0.745. The molecule has 14 aromatic rings. The van der Waals surface area contributed by atoms with Gasteiger partial charge in [-0.25, -0.2) is 0 Å². The molecule has 14 aromatic carbocycles. The van der Waals surface area contributed by atoms with Gasteiger partial charge in [-0.05, 0) is 166 Å². The molecule has 14 rings (SSSR count). The zero-order valence-electron chi connectivity index (χ0n) is 46.9. The minimum atomic E-state index is -0.714. The second kappa shape index (κ2) is 23.3. The first-order valence-corrected chi connectivity index (χ1v) is 29.1. The minimum Gasteiger partial charge on any atom is -0.311 e. The summed E-state index contributed by atoms with van der Waals surface area (Å²) in [6.45, 7) is 0. The van der Waals surface area contributed by atoms with Crippen LogP contribution in [0.1, 0.15) is 22.3 Å². The summed E-state index contributed by atoms with van der Waals surface area (Å²) in [6.07, 6.45) is 0. The Hall–Kier alpha value is -11.2. The Balaban J connectivity index is 0.896. The molecular weight excluding hydrogens is 1030 g/mol. The average Bonchev–Trinajstić information content (AvgIpc) is 1.25. The summed E-state index contributed by atoms with van der Waals surface area (Å²) in [7, 11) is 0. The van der Waals surface area contributed by atoms with Crippen LogP contribution < -0.4 is 19.6 Å². The highest BCUT2D eigenvalue weighted by Crippen LogP contribution is 2.49. The Morgan fingerprint density at radius 3 is 0.671 bits per heavy atom. The van der Waals surface area contributed by atoms with Crippen LogP contribution in [-0.2, 0) is 5.41 Å². The van der Waals surface area contributed by atoms with Crippen molar-refractivity contribution in [3.05, 3.63) is 386 Å². The van der Waals surface area contributed by atoms with Crippen LogP contribution in [0.5, 0.6) is 0 Å². The number of hydrogen-bond acceptors (Lipinski definition) is 4. The predicted molar refractivity (Wildman–Crippen MR) is 358 cm³/mol. The average molecular weight is 1090 g/mol. The molecule has 0 amide bonds. The van der Waals surface area contributed by atoms with E-state index in [9.17, 15) is 0 Å². The summed E-state index contributed by atoms with van der Waals surface area (Å²) < 4.78 is 0. The van der Waals surface area contributed by atoms with E-state index in [2.05, 4.69) is 384 Å². The van der Waals surface area contributed by atoms with Crippen molar-refractivity contribution in [3.8, 4) is 0 Å². The van der Waals surface area contributed by atoms with Gasteiger partial charge in [0.1, 0.15) is 0 Å². The van der Waals surface area contributed by atoms with Gasteiger partial charge in [-0.2, -0.15) is 0 Å². The Kier molecular flexibility index (Phi) is 14.3. The molecule has 0 spiro atoms. The van der Waals surface area contributed by atoms with Crippen LogP contribution in [0, 0.1) is 0 Å². The van der Waals surface area contributed by atoms with Gasteiger partial charge in [0.2, 0.25) is 0 Å². The number of rotatable bonds is 16. The molecule has 404 valence electrons. The van der Waals surface area contributed by atoms with Gasteiger partial charge in [0, 0.05) is 67.6 Å². The normalized spacial score (nSPS) is 11.3. The molecule has 0 radical (unpaired) electrons. The lowest BCUT2D eigenvalue weighted by atomic mass is 9.65. The highest BCUT2D eigenvalue weighted by atomic mass is 15.2. The number of fused-ring (bicyclic) bond motifs is 2. The molecule has 85 heavy (non-hydrogen) atoms. The maximum absolute atomic E-state index is 2.40. The molecule has 0 saturated carbocycles. The first kappa shape index (κ1) is 51.9. The van der Waals surface area contributed by atoms with Crippen molar-refractivity contribution >= 4 is 89.8 Å². The summed E-state index contributed by atoms with van der Waals surface area (Å²) in [5.74, 6) is 0. The van der Waals surface area contributed by atoms with Crippen LogP contribution in [0.2, 0.25) is 0 Å². The molecule has 0 aromatic heterocycles. The lowest BCUT2D eigenvalue weighted by Crippen LogP contribution is -2.31. The second-order valence-electron chi connectivity index (χ2n) is 21.3. The molecule has 0 aliphatic heterocycles. The summed E-state index contributed by atoms with van der Waals surface area (Å²) in [5.41, 5.74) is 16.9. The van der Waals surface area contributed by atoms with Gasteiger partial charge in [-0.3, -0.25) is 0 Å². The van der Waals surface area contributed by atoms with E-state index in [0.29, 0.717) is 0 Å². The molecule has 0 bridgehead atoms. The zero-order valence-corrected chi connectivity index (χ0v) is 46.9. The SMILES string of the molecule is c1ccc(N(c2ccccc2)c2ccc(N(c3ccc(C(c4ccccc4)(c4ccccc4)c4ccc(N(c5ccc(N(c6ccccc6)c6ccccc6)cc5)c5cccc6ccccc56)cc4)cc3)c3cccc4ccccc34)cc2)cc1. The molecule has 0 atom stereocenters. The van der Waals surface area contributed by atoms with Gasteiger partial charge >= 0.3 is 0 Å². The quantitative estimate of drug-likeness (QED) is 0.0894. The van der Waals surface area contributed by atoms with Crippen molar-refractivity contribution in [2.24, 2.45) is 0 Å². The molecule has 4 heteroatoms. The molecule has 0 aliphatic carbocycles. The first-order chi connectivity index (χ1) is 42.2. The number of benzene rings is 14. The van der Waals surface area contributed by atoms with Gasteiger partial charge in [-0.15, -0.1) is 0 Å². The van der Waals surface area contributed by atoms with E-state index < -0.39 is 5.41 Å². The molecular formula is C81H60N4. The fourth-order valence-corrected chi connectivity index (χ4v) is 12.5. The topological polar surface area (TPSA) is 13.0 Å². The lowest BCUT2D eigenvalue weighted by Gasteiger charge is -2.38. The third-order valence-corrected chi connectivity index (χ3v) is 16.3. The summed E-state index contributed by atoms with van der Waals surface area (Å²) in [5, 5.41) is 4.71. The van der Waals surface area contributed by atoms with E-state index in [1.54, 1.807) is 0 Å². The van der Waals surface area contributed by atoms with E-state index in [1.165, 1.54) is 32.7 Å². The van der Waals surface area contributed by atoms with Crippen LogP contribution in [0.4, 0.5) is 68.2 Å². The Morgan fingerprint density at radius 1 is 0.153 bits per heavy atom. The first-order valence-electron chi connectivity index (χ1n) is 29.1. The third-order valence-electron chi connectivity index (χ3n) is 16.3. The molecule has 0 fully saturated rings. The van der Waals surface area contributed by atoms with Crippen molar-refractivity contribution in [1.29, 1.82) is 0 Å². The van der Waals surface area contributed by atoms with Crippen molar-refractivity contribution in [2.45, 2.75) is 5.41 Å². The Bertz CT molecular complexity index is 4100. The molecule has 0 N–H and O–H groups in total. The standard InChI is InChI=1S/C81H60N4/c1-7-29-63(30-8-1)81(64-31-9-2-10-32-64,65-45-49-73(50-46-65)84(79-43-23-27-61-25-19-21-41-77(61)79)75-57-53-71(54-58-75)82(67-33-11-3-12-34-67)68-35-13-4-14-36-68)66-47-51-74(52-48-66)85(80-44-24-28-62-26-20-22-42-78(62)80)76-59-55-72(56-60-76)83(69-37-15-5-16-38-69)70-39-17-6-18-40-70/h1-60H. The highest BCUT2D eigenvalue weighted by Gasteiger charge is 2.39. The monoisotopic (exact) mass is 1090 g/mol. The van der Waals surface area contributed by atoms with Crippen molar-refractivity contribution in [1.82, 2.24) is 0 Å². The second-order valence-corrected chi connectivity index (χ2v) is 21.3. The molecule has 0 aliphatic rings. The third kappa shape index (κ3) is 10.0. The van der Waals surface area contributed by atoms with Crippen LogP contribution in [0.15, 0.2) is 364 Å². The largest absolute Gasteiger partial charge is 0.311 e. The van der Waals surface area contributed by atoms with Gasteiger partial charge in [0.05, 0.1) is 16.8 Å². The maximum atomic E-state index is 2.40. The van der Waals surface area contributed by atoms with E-state index >= 15 is 0 Å². The van der Waals surface area contributed by atoms with E-state index in [-0.39, 0.29) is 0 Å². The smallest absolute Gasteiger partial charge is 0.0701 e. The van der Waals surface area contributed by atoms with Crippen molar-refractivity contribution in [3.63, 3.8) is 0 Å². The number of nitrogens with zero attached hydrogens (tertiary/aromatic N) is 4. The van der Waals surface area contributed by atoms with Crippen molar-refractivity contribution in [2.75, 3.05) is 19.6 Å². The van der Waals surface area contributed by atoms with Gasteiger partial charge in [-0.1, -0.05) is 231 Å². The molecule has 0 saturated heterocycles. The summed E-state index contributed by atoms with van der Waals surface area (Å²) in [4.78, 5) is 9.43. The Labute approximate surface area is 498 Å². The van der Waals surface area contributed by atoms with Crippen molar-refractivity contribution < 1.29 is 0 Å². The Morgan fingerprint density at radius 2 is 0.365 bits per heavy atom. The maximum Gasteiger partial charge on any atom is 0.0701 e. The minimum absolute atomic E-state index is 0.714. The van der Waals surface area contributed by atoms with Gasteiger partial charge in [0.15, 0.2) is 0 Å². The summed E-state index contributed by atoms with van der Waals surface area (Å²) >= 11 is 0. The zero-order chi connectivity index (χ0) is 56.8. The van der Waals surface area contributed by atoms with Crippen LogP contribution >= 0.6 is 0 Å². The molecule has 0 heterocycles. The number of hydrogen-bond donors (Lipinski definition) is 0. The number of para-hydroxylation sites is 4. The molecule has 0 unspecified atom stereocenters. The van der Waals surface area contributed by atoms with Gasteiger partial charge < -0.3 is 19.6 Å². The van der Waals surface area contributed by atoms with Crippen LogP contribution in [0.3, 0.4) is 0 Å². The van der Waals surface area contributed by atoms with E-state index in [1.807, 2.05) is 0 Å². The van der Waals surface area contributed by atoms with E-state index in [0.717, 1.165) is 79.4 Å². The van der Waals surface area contributed by atoms with Crippen LogP contribution in [-0.4, -0.2) is 0 Å². The van der Waals surface area contributed by atoms with Crippen LogP contribution in [0.25, 0.3) is 21.5 Å².